The van der Waals surface area contributed by atoms with Gasteiger partial charge in [-0.3, -0.25) is 4.79 Å². The molecule has 5 heteroatoms. The van der Waals surface area contributed by atoms with E-state index in [1.165, 1.54) is 11.3 Å². The summed E-state index contributed by atoms with van der Waals surface area (Å²) in [5.41, 5.74) is 2.34. The predicted molar refractivity (Wildman–Crippen MR) is 80.5 cm³/mol. The first-order chi connectivity index (χ1) is 9.09. The SMILES string of the molecule is Cc1c(Br)cccc1C(=O)NCC(O)c1ccsc1. The first kappa shape index (κ1) is 14.2. The van der Waals surface area contributed by atoms with E-state index in [0.717, 1.165) is 15.6 Å². The molecule has 0 aliphatic carbocycles. The number of thiophene rings is 1. The number of hydrogen-bond donors (Lipinski definition) is 2. The minimum atomic E-state index is -0.664. The number of amides is 1. The summed E-state index contributed by atoms with van der Waals surface area (Å²) in [5, 5.41) is 16.4. The molecule has 0 bridgehead atoms. The summed E-state index contributed by atoms with van der Waals surface area (Å²) in [7, 11) is 0. The average Bonchev–Trinajstić information content (AvgIpc) is 2.93. The molecule has 2 rings (SSSR count). The number of halogens is 1. The molecule has 3 nitrogen and oxygen atoms in total. The van der Waals surface area contributed by atoms with Gasteiger partial charge in [0.05, 0.1) is 6.10 Å². The molecule has 0 radical (unpaired) electrons. The van der Waals surface area contributed by atoms with Gasteiger partial charge in [-0.1, -0.05) is 22.0 Å². The molecule has 1 aromatic heterocycles. The highest BCUT2D eigenvalue weighted by molar-refractivity contribution is 9.10. The number of rotatable bonds is 4. The summed E-state index contributed by atoms with van der Waals surface area (Å²) in [6.45, 7) is 2.09. The smallest absolute Gasteiger partial charge is 0.251 e. The fourth-order valence-corrected chi connectivity index (χ4v) is 2.79. The van der Waals surface area contributed by atoms with Crippen LogP contribution >= 0.6 is 27.3 Å². The molecule has 1 heterocycles. The summed E-state index contributed by atoms with van der Waals surface area (Å²) < 4.78 is 0.901. The standard InChI is InChI=1S/C14H14BrNO2S/c1-9-11(3-2-4-12(9)15)14(18)16-7-13(17)10-5-6-19-8-10/h2-6,8,13,17H,7H2,1H3,(H,16,18). The lowest BCUT2D eigenvalue weighted by molar-refractivity contribution is 0.0916. The molecule has 19 heavy (non-hydrogen) atoms. The highest BCUT2D eigenvalue weighted by Crippen LogP contribution is 2.20. The topological polar surface area (TPSA) is 49.3 Å². The first-order valence-corrected chi connectivity index (χ1v) is 7.56. The zero-order chi connectivity index (χ0) is 13.8. The van der Waals surface area contributed by atoms with Crippen molar-refractivity contribution in [3.8, 4) is 0 Å². The quantitative estimate of drug-likeness (QED) is 0.897. The van der Waals surface area contributed by atoms with Crippen LogP contribution in [0.1, 0.15) is 27.6 Å². The van der Waals surface area contributed by atoms with E-state index in [0.29, 0.717) is 5.56 Å². The Hall–Kier alpha value is -1.17. The van der Waals surface area contributed by atoms with Crippen LogP contribution in [0.4, 0.5) is 0 Å². The number of carbonyl (C=O) groups excluding carboxylic acids is 1. The first-order valence-electron chi connectivity index (χ1n) is 5.83. The third kappa shape index (κ3) is 3.43. The van der Waals surface area contributed by atoms with Crippen molar-refractivity contribution in [1.82, 2.24) is 5.32 Å². The summed E-state index contributed by atoms with van der Waals surface area (Å²) in [5.74, 6) is -0.173. The number of nitrogens with one attached hydrogen (secondary N) is 1. The molecular formula is C14H14BrNO2S. The second-order valence-corrected chi connectivity index (χ2v) is 5.83. The second-order valence-electron chi connectivity index (χ2n) is 4.19. The fraction of sp³-hybridized carbons (Fsp3) is 0.214. The number of benzene rings is 1. The Morgan fingerprint density at radius 2 is 2.26 bits per heavy atom. The van der Waals surface area contributed by atoms with Gasteiger partial charge in [0.1, 0.15) is 0 Å². The van der Waals surface area contributed by atoms with Gasteiger partial charge in [-0.15, -0.1) is 0 Å². The Balaban J connectivity index is 2.00. The van der Waals surface area contributed by atoms with E-state index < -0.39 is 6.10 Å². The van der Waals surface area contributed by atoms with Crippen molar-refractivity contribution in [3.63, 3.8) is 0 Å². The zero-order valence-electron chi connectivity index (χ0n) is 10.4. The van der Waals surface area contributed by atoms with E-state index in [1.54, 1.807) is 6.07 Å². The summed E-state index contributed by atoms with van der Waals surface area (Å²) in [6.07, 6.45) is -0.664. The van der Waals surface area contributed by atoms with Gasteiger partial charge < -0.3 is 10.4 Å². The zero-order valence-corrected chi connectivity index (χ0v) is 12.8. The fourth-order valence-electron chi connectivity index (χ4n) is 1.72. The molecule has 0 saturated carbocycles. The maximum Gasteiger partial charge on any atom is 0.251 e. The Labute approximate surface area is 124 Å². The Morgan fingerprint density at radius 3 is 2.95 bits per heavy atom. The molecule has 2 N–H and O–H groups in total. The van der Waals surface area contributed by atoms with Crippen molar-refractivity contribution >= 4 is 33.2 Å². The predicted octanol–water partition coefficient (Wildman–Crippen LogP) is 3.28. The van der Waals surface area contributed by atoms with E-state index in [4.69, 9.17) is 0 Å². The molecule has 1 unspecified atom stereocenters. The molecule has 100 valence electrons. The van der Waals surface area contributed by atoms with E-state index in [2.05, 4.69) is 21.2 Å². The van der Waals surface area contributed by atoms with Crippen molar-refractivity contribution in [1.29, 1.82) is 0 Å². The Bertz CT molecular complexity index is 569. The van der Waals surface area contributed by atoms with Crippen LogP contribution in [0.2, 0.25) is 0 Å². The monoisotopic (exact) mass is 339 g/mol. The number of carbonyl (C=O) groups is 1. The molecule has 0 aliphatic rings. The summed E-state index contributed by atoms with van der Waals surface area (Å²) in [6, 6.07) is 7.34. The summed E-state index contributed by atoms with van der Waals surface area (Å²) >= 11 is 4.92. The third-order valence-electron chi connectivity index (χ3n) is 2.90. The average molecular weight is 340 g/mol. The van der Waals surface area contributed by atoms with Gasteiger partial charge >= 0.3 is 0 Å². The number of aliphatic hydroxyl groups is 1. The minimum absolute atomic E-state index is 0.173. The van der Waals surface area contributed by atoms with Crippen LogP contribution in [-0.4, -0.2) is 17.6 Å². The van der Waals surface area contributed by atoms with Gasteiger partial charge in [0.2, 0.25) is 0 Å². The van der Waals surface area contributed by atoms with Crippen molar-refractivity contribution in [3.05, 3.63) is 56.2 Å². The van der Waals surface area contributed by atoms with Crippen LogP contribution in [0.25, 0.3) is 0 Å². The van der Waals surface area contributed by atoms with Crippen LogP contribution in [0.15, 0.2) is 39.5 Å². The molecular weight excluding hydrogens is 326 g/mol. The van der Waals surface area contributed by atoms with Crippen molar-refractivity contribution in [2.45, 2.75) is 13.0 Å². The lowest BCUT2D eigenvalue weighted by Crippen LogP contribution is -2.28. The van der Waals surface area contributed by atoms with Crippen LogP contribution in [0, 0.1) is 6.92 Å². The van der Waals surface area contributed by atoms with Gasteiger partial charge in [-0.2, -0.15) is 11.3 Å². The highest BCUT2D eigenvalue weighted by Gasteiger charge is 2.13. The normalized spacial score (nSPS) is 12.2. The van der Waals surface area contributed by atoms with Gasteiger partial charge in [0, 0.05) is 16.6 Å². The van der Waals surface area contributed by atoms with Crippen molar-refractivity contribution < 1.29 is 9.90 Å². The number of hydrogen-bond acceptors (Lipinski definition) is 3. The van der Waals surface area contributed by atoms with Crippen LogP contribution in [0.3, 0.4) is 0 Å². The number of aliphatic hydroxyl groups excluding tert-OH is 1. The van der Waals surface area contributed by atoms with Crippen molar-refractivity contribution in [2.75, 3.05) is 6.54 Å². The van der Waals surface area contributed by atoms with Gasteiger partial charge in [0.25, 0.3) is 5.91 Å². The molecule has 0 saturated heterocycles. The van der Waals surface area contributed by atoms with Gasteiger partial charge in [0.15, 0.2) is 0 Å². The Morgan fingerprint density at radius 1 is 1.47 bits per heavy atom. The lowest BCUT2D eigenvalue weighted by Gasteiger charge is -2.12. The molecule has 1 atom stereocenters. The molecule has 0 fully saturated rings. The van der Waals surface area contributed by atoms with Gasteiger partial charge in [-0.25, -0.2) is 0 Å². The van der Waals surface area contributed by atoms with Crippen LogP contribution in [0.5, 0.6) is 0 Å². The summed E-state index contributed by atoms with van der Waals surface area (Å²) in [4.78, 5) is 12.1. The molecule has 1 aromatic carbocycles. The molecule has 1 amide bonds. The van der Waals surface area contributed by atoms with E-state index in [1.807, 2.05) is 35.9 Å². The maximum atomic E-state index is 12.1. The third-order valence-corrected chi connectivity index (χ3v) is 4.46. The second kappa shape index (κ2) is 6.32. The largest absolute Gasteiger partial charge is 0.387 e. The van der Waals surface area contributed by atoms with Gasteiger partial charge in [-0.05, 0) is 47.0 Å². The molecule has 0 aliphatic heterocycles. The lowest BCUT2D eigenvalue weighted by atomic mass is 10.1. The Kier molecular flexibility index (Phi) is 4.74. The molecule has 0 spiro atoms. The van der Waals surface area contributed by atoms with Crippen molar-refractivity contribution in [2.24, 2.45) is 0 Å². The minimum Gasteiger partial charge on any atom is -0.387 e. The van der Waals surface area contributed by atoms with E-state index in [9.17, 15) is 9.90 Å². The molecule has 2 aromatic rings. The van der Waals surface area contributed by atoms with E-state index in [-0.39, 0.29) is 12.5 Å². The van der Waals surface area contributed by atoms with Crippen LogP contribution < -0.4 is 5.32 Å². The van der Waals surface area contributed by atoms with Crippen LogP contribution in [-0.2, 0) is 0 Å². The van der Waals surface area contributed by atoms with E-state index >= 15 is 0 Å². The highest BCUT2D eigenvalue weighted by atomic mass is 79.9. The maximum absolute atomic E-state index is 12.1.